The fraction of sp³-hybridized carbons (Fsp3) is 0.222. The molecule has 0 bridgehead atoms. The molecule has 2 aromatic rings. The average molecular weight is 434 g/mol. The summed E-state index contributed by atoms with van der Waals surface area (Å²) >= 11 is 18.2. The summed E-state index contributed by atoms with van der Waals surface area (Å²) in [5.74, 6) is -2.81. The van der Waals surface area contributed by atoms with E-state index in [2.05, 4.69) is 10.9 Å². The molecule has 0 saturated heterocycles. The molecule has 0 spiro atoms. The summed E-state index contributed by atoms with van der Waals surface area (Å²) in [5.41, 5.74) is 4.93. The summed E-state index contributed by atoms with van der Waals surface area (Å²) in [4.78, 5) is 24.3. The number of amides is 2. The first-order valence-electron chi connectivity index (χ1n) is 7.83. The third kappa shape index (κ3) is 4.18. The van der Waals surface area contributed by atoms with Gasteiger partial charge in [-0.1, -0.05) is 29.8 Å². The number of hydrogen-bond donors (Lipinski definition) is 2. The number of nitrogens with one attached hydrogen (secondary N) is 2. The lowest BCUT2D eigenvalue weighted by Crippen LogP contribution is -2.43. The number of hydrogen-bond acceptors (Lipinski definition) is 2. The van der Waals surface area contributed by atoms with Crippen LogP contribution in [0.15, 0.2) is 48.5 Å². The van der Waals surface area contributed by atoms with Crippen molar-refractivity contribution < 1.29 is 18.4 Å². The molecule has 0 aromatic heterocycles. The van der Waals surface area contributed by atoms with Crippen LogP contribution in [0.5, 0.6) is 0 Å². The van der Waals surface area contributed by atoms with Gasteiger partial charge in [0.2, 0.25) is 5.91 Å². The Morgan fingerprint density at radius 2 is 1.70 bits per heavy atom. The van der Waals surface area contributed by atoms with Gasteiger partial charge in [-0.15, -0.1) is 23.2 Å². The van der Waals surface area contributed by atoms with E-state index in [-0.39, 0.29) is 10.6 Å². The Morgan fingerprint density at radius 1 is 1.04 bits per heavy atom. The molecule has 1 fully saturated rings. The first kappa shape index (κ1) is 19.9. The van der Waals surface area contributed by atoms with Gasteiger partial charge in [-0.3, -0.25) is 20.4 Å². The topological polar surface area (TPSA) is 58.2 Å². The molecule has 2 unspecified atom stereocenters. The van der Waals surface area contributed by atoms with Gasteiger partial charge in [0.05, 0.1) is 5.92 Å². The van der Waals surface area contributed by atoms with Gasteiger partial charge in [-0.25, -0.2) is 8.78 Å². The van der Waals surface area contributed by atoms with Crippen molar-refractivity contribution in [3.8, 4) is 0 Å². The van der Waals surface area contributed by atoms with Gasteiger partial charge < -0.3 is 0 Å². The summed E-state index contributed by atoms with van der Waals surface area (Å²) in [6.07, 6.45) is -2.72. The molecule has 3 rings (SSSR count). The van der Waals surface area contributed by atoms with E-state index >= 15 is 0 Å². The summed E-state index contributed by atoms with van der Waals surface area (Å²) in [6.45, 7) is 0. The van der Waals surface area contributed by atoms with Crippen molar-refractivity contribution in [1.82, 2.24) is 10.9 Å². The molecule has 2 atom stereocenters. The van der Waals surface area contributed by atoms with E-state index in [1.54, 1.807) is 30.3 Å². The second-order valence-corrected chi connectivity index (χ2v) is 7.94. The zero-order chi connectivity index (χ0) is 19.8. The van der Waals surface area contributed by atoms with Gasteiger partial charge in [-0.05, 0) is 35.9 Å². The van der Waals surface area contributed by atoms with Gasteiger partial charge in [0.25, 0.3) is 12.3 Å². The van der Waals surface area contributed by atoms with Crippen LogP contribution in [0, 0.1) is 5.92 Å². The van der Waals surface area contributed by atoms with Crippen LogP contribution in [0.25, 0.3) is 0 Å². The van der Waals surface area contributed by atoms with Crippen LogP contribution in [0.2, 0.25) is 5.02 Å². The number of benzene rings is 2. The molecule has 0 aliphatic heterocycles. The lowest BCUT2D eigenvalue weighted by atomic mass is 10.1. The molecule has 0 heterocycles. The van der Waals surface area contributed by atoms with E-state index in [0.717, 1.165) is 6.07 Å². The lowest BCUT2D eigenvalue weighted by molar-refractivity contribution is -0.123. The van der Waals surface area contributed by atoms with Crippen molar-refractivity contribution in [2.45, 2.75) is 16.7 Å². The fourth-order valence-corrected chi connectivity index (χ4v) is 3.95. The van der Waals surface area contributed by atoms with Crippen LogP contribution in [0.4, 0.5) is 8.78 Å². The van der Waals surface area contributed by atoms with Crippen LogP contribution >= 0.6 is 34.8 Å². The van der Waals surface area contributed by atoms with E-state index in [1.807, 2.05) is 0 Å². The quantitative estimate of drug-likeness (QED) is 0.546. The summed E-state index contributed by atoms with van der Waals surface area (Å²) in [5, 5.41) is 0.0929. The molecule has 1 saturated carbocycles. The third-order valence-electron chi connectivity index (χ3n) is 4.22. The predicted molar refractivity (Wildman–Crippen MR) is 99.1 cm³/mol. The maximum atomic E-state index is 13.0. The van der Waals surface area contributed by atoms with Crippen LogP contribution in [-0.4, -0.2) is 16.1 Å². The van der Waals surface area contributed by atoms with E-state index in [4.69, 9.17) is 34.8 Å². The third-order valence-corrected chi connectivity index (χ3v) is 5.38. The second kappa shape index (κ2) is 7.62. The standard InChI is InChI=1S/C18H13Cl3F2N2O2/c19-12-7-10(6-11(8-12)15(22)23)13-14(18(13,20)21)17(27)25-24-16(26)9-4-2-1-3-5-9/h1-8,13-15H,(H,24,26)(H,25,27). The van der Waals surface area contributed by atoms with Gasteiger partial charge >= 0.3 is 0 Å². The van der Waals surface area contributed by atoms with Crippen molar-refractivity contribution >= 4 is 46.6 Å². The summed E-state index contributed by atoms with van der Waals surface area (Å²) in [7, 11) is 0. The zero-order valence-corrected chi connectivity index (χ0v) is 15.8. The molecule has 142 valence electrons. The number of alkyl halides is 4. The monoisotopic (exact) mass is 432 g/mol. The van der Waals surface area contributed by atoms with Gasteiger partial charge in [0, 0.05) is 22.1 Å². The van der Waals surface area contributed by atoms with Crippen molar-refractivity contribution in [3.63, 3.8) is 0 Å². The Hall–Kier alpha value is -1.89. The largest absolute Gasteiger partial charge is 0.273 e. The molecule has 1 aliphatic carbocycles. The zero-order valence-electron chi connectivity index (χ0n) is 13.6. The smallest absolute Gasteiger partial charge is 0.269 e. The van der Waals surface area contributed by atoms with Crippen molar-refractivity contribution in [2.24, 2.45) is 5.92 Å². The maximum absolute atomic E-state index is 13.0. The Bertz CT molecular complexity index is 878. The number of hydrazine groups is 1. The van der Waals surface area contributed by atoms with Gasteiger partial charge in [0.15, 0.2) is 0 Å². The highest BCUT2D eigenvalue weighted by Gasteiger charge is 2.67. The molecular formula is C18H13Cl3F2N2O2. The SMILES string of the molecule is O=C(NNC(=O)C1C(c2cc(Cl)cc(C(F)F)c2)C1(Cl)Cl)c1ccccc1. The molecule has 0 radical (unpaired) electrons. The Kier molecular flexibility index (Phi) is 5.60. The van der Waals surface area contributed by atoms with E-state index in [1.165, 1.54) is 12.1 Å². The van der Waals surface area contributed by atoms with Crippen molar-refractivity contribution in [1.29, 1.82) is 0 Å². The maximum Gasteiger partial charge on any atom is 0.269 e. The van der Waals surface area contributed by atoms with Gasteiger partial charge in [0.1, 0.15) is 4.33 Å². The van der Waals surface area contributed by atoms with E-state index < -0.39 is 34.4 Å². The normalized spacial score (nSPS) is 20.2. The molecule has 2 amide bonds. The van der Waals surface area contributed by atoms with E-state index in [9.17, 15) is 18.4 Å². The summed E-state index contributed by atoms with van der Waals surface area (Å²) < 4.78 is 24.5. The van der Waals surface area contributed by atoms with E-state index in [0.29, 0.717) is 11.1 Å². The second-order valence-electron chi connectivity index (χ2n) is 6.06. The highest BCUT2D eigenvalue weighted by molar-refractivity contribution is 6.53. The van der Waals surface area contributed by atoms with Crippen molar-refractivity contribution in [2.75, 3.05) is 0 Å². The molecule has 27 heavy (non-hydrogen) atoms. The lowest BCUT2D eigenvalue weighted by Gasteiger charge is -2.08. The Balaban J connectivity index is 1.70. The number of carbonyl (C=O) groups excluding carboxylic acids is 2. The number of rotatable bonds is 4. The van der Waals surface area contributed by atoms with Gasteiger partial charge in [-0.2, -0.15) is 0 Å². The molecule has 9 heteroatoms. The minimum Gasteiger partial charge on any atom is -0.273 e. The van der Waals surface area contributed by atoms with Crippen molar-refractivity contribution in [3.05, 3.63) is 70.2 Å². The molecule has 4 nitrogen and oxygen atoms in total. The minimum absolute atomic E-state index is 0.0929. The number of carbonyl (C=O) groups is 2. The average Bonchev–Trinajstić information content (AvgIpc) is 3.21. The first-order valence-corrected chi connectivity index (χ1v) is 8.96. The highest BCUT2D eigenvalue weighted by Crippen LogP contribution is 2.65. The first-order chi connectivity index (χ1) is 12.7. The molecule has 1 aliphatic rings. The van der Waals surface area contributed by atoms with Crippen LogP contribution in [-0.2, 0) is 4.79 Å². The van der Waals surface area contributed by atoms with Crippen LogP contribution in [0.1, 0.15) is 33.8 Å². The minimum atomic E-state index is -2.72. The molecule has 2 aromatic carbocycles. The molecular weight excluding hydrogens is 421 g/mol. The predicted octanol–water partition coefficient (Wildman–Crippen LogP) is 4.63. The van der Waals surface area contributed by atoms with Crippen LogP contribution in [0.3, 0.4) is 0 Å². The highest BCUT2D eigenvalue weighted by atomic mass is 35.5. The molecule has 2 N–H and O–H groups in total. The fourth-order valence-electron chi connectivity index (χ4n) is 2.87. The Labute approximate surface area is 168 Å². The Morgan fingerprint density at radius 3 is 2.33 bits per heavy atom. The number of halogens is 5. The van der Waals surface area contributed by atoms with Crippen LogP contribution < -0.4 is 10.9 Å². The summed E-state index contributed by atoms with van der Waals surface area (Å²) in [6, 6.07) is 12.0.